The van der Waals surface area contributed by atoms with Gasteiger partial charge in [-0.3, -0.25) is 0 Å². The van der Waals surface area contributed by atoms with Crippen LogP contribution < -0.4 is 0 Å². The Labute approximate surface area is 54.2 Å². The number of hydrogen-bond donors (Lipinski definition) is 0. The molecule has 0 atom stereocenters. The fourth-order valence-electron chi connectivity index (χ4n) is 0.808. The highest BCUT2D eigenvalue weighted by Gasteiger charge is 1.85. The first kappa shape index (κ1) is 3.67. The van der Waals surface area contributed by atoms with Gasteiger partial charge < -0.3 is 4.40 Å². The lowest BCUT2D eigenvalue weighted by atomic mass is 10.5. The van der Waals surface area contributed by atoms with Crippen LogP contribution in [0.3, 0.4) is 0 Å². The molecular formula is C7H6N2. The van der Waals surface area contributed by atoms with E-state index < -0.39 is 0 Å². The van der Waals surface area contributed by atoms with Crippen LogP contribution in [0.1, 0.15) is 1.37 Å². The highest BCUT2D eigenvalue weighted by Crippen LogP contribution is 1.96. The first-order valence-corrected chi connectivity index (χ1v) is 2.75. The largest absolute Gasteiger partial charge is 0.307 e. The summed E-state index contributed by atoms with van der Waals surface area (Å²) in [4.78, 5) is 4.02. The lowest BCUT2D eigenvalue weighted by molar-refractivity contribution is 1.19. The second-order valence-electron chi connectivity index (χ2n) is 1.82. The van der Waals surface area contributed by atoms with Crippen LogP contribution in [0.2, 0.25) is 0 Å². The molecule has 0 radical (unpaired) electrons. The maximum atomic E-state index is 7.26. The van der Waals surface area contributed by atoms with Crippen molar-refractivity contribution in [2.24, 2.45) is 0 Å². The summed E-state index contributed by atoms with van der Waals surface area (Å²) in [6.45, 7) is 0. The Morgan fingerprint density at radius 3 is 3.56 bits per heavy atom. The van der Waals surface area contributed by atoms with Gasteiger partial charge in [0.2, 0.25) is 0 Å². The van der Waals surface area contributed by atoms with Gasteiger partial charge in [-0.15, -0.1) is 0 Å². The molecule has 0 bridgehead atoms. The smallest absolute Gasteiger partial charge is 0.136 e. The molecule has 44 valence electrons. The van der Waals surface area contributed by atoms with Crippen molar-refractivity contribution in [3.8, 4) is 0 Å². The molecule has 0 saturated heterocycles. The van der Waals surface area contributed by atoms with Crippen LogP contribution in [0.4, 0.5) is 0 Å². The van der Waals surface area contributed by atoms with Gasteiger partial charge in [0.15, 0.2) is 0 Å². The third kappa shape index (κ3) is 0.598. The Morgan fingerprint density at radius 1 is 1.56 bits per heavy atom. The van der Waals surface area contributed by atoms with Crippen molar-refractivity contribution in [1.82, 2.24) is 9.38 Å². The molecule has 0 aliphatic rings. The third-order valence-corrected chi connectivity index (χ3v) is 1.24. The van der Waals surface area contributed by atoms with Crippen molar-refractivity contribution >= 4 is 5.65 Å². The molecule has 2 aromatic heterocycles. The summed E-state index contributed by atoms with van der Waals surface area (Å²) in [6.07, 6.45) is 5.40. The monoisotopic (exact) mass is 119 g/mol. The molecular weight excluding hydrogens is 112 g/mol. The summed E-state index contributed by atoms with van der Waals surface area (Å²) < 4.78 is 9.14. The van der Waals surface area contributed by atoms with Crippen molar-refractivity contribution in [2.75, 3.05) is 0 Å². The predicted molar refractivity (Wildman–Crippen MR) is 35.2 cm³/mol. The number of rotatable bonds is 0. The minimum atomic E-state index is 0.499. The van der Waals surface area contributed by atoms with Crippen LogP contribution in [-0.2, 0) is 0 Å². The van der Waals surface area contributed by atoms with E-state index in [0.29, 0.717) is 6.04 Å². The van der Waals surface area contributed by atoms with Crippen molar-refractivity contribution in [1.29, 1.82) is 0 Å². The van der Waals surface area contributed by atoms with Crippen LogP contribution in [0, 0.1) is 0 Å². The third-order valence-electron chi connectivity index (χ3n) is 1.24. The summed E-state index contributed by atoms with van der Waals surface area (Å²) >= 11 is 0. The normalized spacial score (nSPS) is 11.8. The zero-order valence-electron chi connectivity index (χ0n) is 5.78. The Morgan fingerprint density at radius 2 is 2.56 bits per heavy atom. The molecule has 0 aliphatic carbocycles. The minimum Gasteiger partial charge on any atom is -0.307 e. The van der Waals surface area contributed by atoms with E-state index in [1.54, 1.807) is 18.3 Å². The van der Waals surface area contributed by atoms with Gasteiger partial charge in [0.25, 0.3) is 0 Å². The SMILES string of the molecule is [2H]c1ccn2ccnc2c1. The molecule has 9 heavy (non-hydrogen) atoms. The average molecular weight is 119 g/mol. The number of hydrogen-bond acceptors (Lipinski definition) is 1. The molecule has 2 nitrogen and oxygen atoms in total. The highest BCUT2D eigenvalue weighted by atomic mass is 15.0. The number of pyridine rings is 1. The molecule has 2 aromatic rings. The van der Waals surface area contributed by atoms with Crippen LogP contribution in [0.25, 0.3) is 5.65 Å². The van der Waals surface area contributed by atoms with Gasteiger partial charge in [0.05, 0.1) is 1.37 Å². The average Bonchev–Trinajstić information content (AvgIpc) is 2.33. The van der Waals surface area contributed by atoms with Gasteiger partial charge in [0, 0.05) is 18.6 Å². The summed E-state index contributed by atoms with van der Waals surface area (Å²) in [5, 5.41) is 0. The van der Waals surface area contributed by atoms with Crippen molar-refractivity contribution in [3.05, 3.63) is 36.8 Å². The van der Waals surface area contributed by atoms with Gasteiger partial charge >= 0.3 is 0 Å². The van der Waals surface area contributed by atoms with Gasteiger partial charge in [-0.2, -0.15) is 0 Å². The molecule has 0 unspecified atom stereocenters. The maximum absolute atomic E-state index is 7.26. The van der Waals surface area contributed by atoms with Gasteiger partial charge in [-0.1, -0.05) is 6.04 Å². The maximum Gasteiger partial charge on any atom is 0.136 e. The van der Waals surface area contributed by atoms with Gasteiger partial charge in [-0.05, 0) is 12.1 Å². The van der Waals surface area contributed by atoms with E-state index in [0.717, 1.165) is 5.65 Å². The van der Waals surface area contributed by atoms with Crippen LogP contribution in [0.5, 0.6) is 0 Å². The van der Waals surface area contributed by atoms with Crippen LogP contribution >= 0.6 is 0 Å². The fraction of sp³-hybridized carbons (Fsp3) is 0. The standard InChI is InChI=1S/C7H6N2/c1-2-5-9-6-4-8-7(9)3-1/h1-6H/i1D. The molecule has 0 N–H and O–H groups in total. The quantitative estimate of drug-likeness (QED) is 0.511. The van der Waals surface area contributed by atoms with Crippen molar-refractivity contribution < 1.29 is 1.37 Å². The summed E-state index contributed by atoms with van der Waals surface area (Å²) in [6, 6.07) is 3.95. The van der Waals surface area contributed by atoms with Crippen LogP contribution in [-0.4, -0.2) is 9.38 Å². The number of imidazole rings is 1. The zero-order valence-corrected chi connectivity index (χ0v) is 4.78. The van der Waals surface area contributed by atoms with Crippen molar-refractivity contribution in [3.63, 3.8) is 0 Å². The topological polar surface area (TPSA) is 17.3 Å². The second-order valence-corrected chi connectivity index (χ2v) is 1.82. The molecule has 0 fully saturated rings. The molecule has 2 heteroatoms. The van der Waals surface area contributed by atoms with E-state index in [2.05, 4.69) is 4.98 Å². The first-order valence-electron chi connectivity index (χ1n) is 3.25. The van der Waals surface area contributed by atoms with Crippen molar-refractivity contribution in [2.45, 2.75) is 0 Å². The Bertz CT molecular complexity index is 353. The van der Waals surface area contributed by atoms with Gasteiger partial charge in [-0.25, -0.2) is 4.98 Å². The van der Waals surface area contributed by atoms with E-state index >= 15 is 0 Å². The summed E-state index contributed by atoms with van der Waals surface area (Å²) in [5.74, 6) is 0. The van der Waals surface area contributed by atoms with Gasteiger partial charge in [0.1, 0.15) is 5.65 Å². The minimum absolute atomic E-state index is 0.499. The van der Waals surface area contributed by atoms with E-state index in [1.165, 1.54) is 0 Å². The molecule has 0 spiro atoms. The molecule has 0 saturated carbocycles. The fourth-order valence-corrected chi connectivity index (χ4v) is 0.808. The Hall–Kier alpha value is -1.31. The van der Waals surface area contributed by atoms with E-state index in [9.17, 15) is 0 Å². The predicted octanol–water partition coefficient (Wildman–Crippen LogP) is 1.33. The second kappa shape index (κ2) is 1.58. The summed E-state index contributed by atoms with van der Waals surface area (Å²) in [7, 11) is 0. The first-order chi connectivity index (χ1) is 4.86. The molecule has 0 amide bonds. The van der Waals surface area contributed by atoms with E-state index in [1.807, 2.05) is 16.8 Å². The summed E-state index contributed by atoms with van der Waals surface area (Å²) in [5.41, 5.74) is 0.826. The zero-order chi connectivity index (χ0) is 6.97. The lowest BCUT2D eigenvalue weighted by Crippen LogP contribution is -1.77. The number of fused-ring (bicyclic) bond motifs is 1. The Kier molecular flexibility index (Phi) is 0.646. The number of aromatic nitrogens is 2. The molecule has 2 rings (SSSR count). The highest BCUT2D eigenvalue weighted by molar-refractivity contribution is 5.36. The van der Waals surface area contributed by atoms with E-state index in [4.69, 9.17) is 1.37 Å². The van der Waals surface area contributed by atoms with Crippen LogP contribution in [0.15, 0.2) is 36.8 Å². The van der Waals surface area contributed by atoms with E-state index in [-0.39, 0.29) is 0 Å². The lowest BCUT2D eigenvalue weighted by Gasteiger charge is -1.86. The molecule has 0 aromatic carbocycles. The molecule has 0 aliphatic heterocycles. The number of nitrogens with zero attached hydrogens (tertiary/aromatic N) is 2. The Balaban J connectivity index is 2.86. The molecule has 2 heterocycles.